The van der Waals surface area contributed by atoms with E-state index in [1.54, 1.807) is 14.2 Å². The number of hydrogen-bond donors (Lipinski definition) is 2. The number of methoxy groups -OCH3 is 2. The number of para-hydroxylation sites is 2. The number of aromatic nitrogens is 3. The molecule has 34 heavy (non-hydrogen) atoms. The Morgan fingerprint density at radius 2 is 1.79 bits per heavy atom. The van der Waals surface area contributed by atoms with Gasteiger partial charge in [-0.1, -0.05) is 42.1 Å². The lowest BCUT2D eigenvalue weighted by molar-refractivity contribution is -0.118. The summed E-state index contributed by atoms with van der Waals surface area (Å²) in [6, 6.07) is 15.9. The summed E-state index contributed by atoms with van der Waals surface area (Å²) >= 11 is 1.33. The smallest absolute Gasteiger partial charge is 0.230 e. The van der Waals surface area contributed by atoms with Gasteiger partial charge in [-0.25, -0.2) is 9.97 Å². The van der Waals surface area contributed by atoms with Gasteiger partial charge in [0.2, 0.25) is 5.91 Å². The van der Waals surface area contributed by atoms with E-state index in [0.717, 1.165) is 33.4 Å². The predicted molar refractivity (Wildman–Crippen MR) is 135 cm³/mol. The minimum absolute atomic E-state index is 0.0838. The molecule has 1 unspecified atom stereocenters. The fourth-order valence-electron chi connectivity index (χ4n) is 4.11. The monoisotopic (exact) mass is 476 g/mol. The molecule has 0 saturated heterocycles. The number of thioether (sulfide) groups is 1. The van der Waals surface area contributed by atoms with Gasteiger partial charge in [0.25, 0.3) is 0 Å². The molecule has 2 N–H and O–H groups in total. The van der Waals surface area contributed by atoms with Gasteiger partial charge in [0.1, 0.15) is 0 Å². The van der Waals surface area contributed by atoms with E-state index in [9.17, 15) is 4.79 Å². The van der Waals surface area contributed by atoms with Crippen LogP contribution in [0.3, 0.4) is 0 Å². The Morgan fingerprint density at radius 1 is 1.03 bits per heavy atom. The van der Waals surface area contributed by atoms with Crippen LogP contribution >= 0.6 is 11.8 Å². The normalized spacial score (nSPS) is 11.9. The third-order valence-electron chi connectivity index (χ3n) is 5.60. The highest BCUT2D eigenvalue weighted by Gasteiger charge is 2.24. The van der Waals surface area contributed by atoms with Crippen LogP contribution in [0.15, 0.2) is 59.9 Å². The van der Waals surface area contributed by atoms with E-state index in [-0.39, 0.29) is 17.6 Å². The van der Waals surface area contributed by atoms with Crippen LogP contribution in [0, 0.1) is 13.8 Å². The molecule has 0 saturated carbocycles. The first-order chi connectivity index (χ1) is 16.5. The topological polar surface area (TPSA) is 89.1 Å². The number of carbonyl (C=O) groups excluding carboxylic acids is 1. The summed E-state index contributed by atoms with van der Waals surface area (Å²) in [5, 5.41) is 4.81. The number of aryl methyl sites for hydroxylation is 2. The van der Waals surface area contributed by atoms with E-state index in [1.807, 2.05) is 62.5 Å². The summed E-state index contributed by atoms with van der Waals surface area (Å²) in [5.41, 5.74) is 4.84. The van der Waals surface area contributed by atoms with E-state index < -0.39 is 0 Å². The first-order valence-electron chi connectivity index (χ1n) is 11.0. The van der Waals surface area contributed by atoms with Crippen LogP contribution in [-0.2, 0) is 4.79 Å². The highest BCUT2D eigenvalue weighted by Crippen LogP contribution is 2.40. The van der Waals surface area contributed by atoms with Gasteiger partial charge >= 0.3 is 0 Å². The standard InChI is InChI=1S/C26H28N4O3S/c1-16-12-17(2)30-26(29-16)34-15-24(31)28-14-21(19-9-7-11-23(32-3)25(19)33-4)20-13-27-22-10-6-5-8-18(20)22/h5-13,21,27H,14-15H2,1-4H3,(H,28,31). The molecule has 0 bridgehead atoms. The third-order valence-corrected chi connectivity index (χ3v) is 6.45. The van der Waals surface area contributed by atoms with Gasteiger partial charge in [-0.15, -0.1) is 0 Å². The predicted octanol–water partition coefficient (Wildman–Crippen LogP) is 4.63. The molecule has 0 aliphatic rings. The number of amides is 1. The molecule has 1 amide bonds. The average molecular weight is 477 g/mol. The highest BCUT2D eigenvalue weighted by atomic mass is 32.2. The van der Waals surface area contributed by atoms with Gasteiger partial charge in [0.05, 0.1) is 20.0 Å². The number of nitrogens with zero attached hydrogens (tertiary/aromatic N) is 2. The largest absolute Gasteiger partial charge is 0.493 e. The third kappa shape index (κ3) is 5.17. The molecule has 4 rings (SSSR count). The van der Waals surface area contributed by atoms with Gasteiger partial charge in [0.15, 0.2) is 16.7 Å². The second kappa shape index (κ2) is 10.6. The molecular formula is C26H28N4O3S. The molecule has 7 nitrogen and oxygen atoms in total. The fourth-order valence-corrected chi connectivity index (χ4v) is 4.89. The second-order valence-corrected chi connectivity index (χ2v) is 8.89. The van der Waals surface area contributed by atoms with Crippen molar-refractivity contribution < 1.29 is 14.3 Å². The van der Waals surface area contributed by atoms with Gasteiger partial charge in [0, 0.05) is 46.5 Å². The van der Waals surface area contributed by atoms with Crippen molar-refractivity contribution in [2.75, 3.05) is 26.5 Å². The number of hydrogen-bond acceptors (Lipinski definition) is 6. The average Bonchev–Trinajstić information content (AvgIpc) is 3.26. The van der Waals surface area contributed by atoms with Crippen molar-refractivity contribution in [2.45, 2.75) is 24.9 Å². The Bertz CT molecular complexity index is 1280. The van der Waals surface area contributed by atoms with E-state index in [0.29, 0.717) is 23.2 Å². The van der Waals surface area contributed by atoms with Crippen LogP contribution < -0.4 is 14.8 Å². The summed E-state index contributed by atoms with van der Waals surface area (Å²) in [4.78, 5) is 24.9. The molecule has 176 valence electrons. The maximum Gasteiger partial charge on any atom is 0.230 e. The Morgan fingerprint density at radius 3 is 2.53 bits per heavy atom. The highest BCUT2D eigenvalue weighted by molar-refractivity contribution is 7.99. The Labute approximate surface area is 203 Å². The number of benzene rings is 2. The molecule has 8 heteroatoms. The second-order valence-electron chi connectivity index (χ2n) is 7.95. The lowest BCUT2D eigenvalue weighted by Crippen LogP contribution is -2.30. The van der Waals surface area contributed by atoms with Crippen molar-refractivity contribution in [2.24, 2.45) is 0 Å². The minimum Gasteiger partial charge on any atom is -0.493 e. The van der Waals surface area contributed by atoms with Crippen molar-refractivity contribution in [3.63, 3.8) is 0 Å². The van der Waals surface area contributed by atoms with Crippen LogP contribution in [0.2, 0.25) is 0 Å². The number of nitrogens with one attached hydrogen (secondary N) is 2. The summed E-state index contributed by atoms with van der Waals surface area (Å²) in [6.45, 7) is 4.25. The number of aromatic amines is 1. The number of carbonyl (C=O) groups is 1. The number of ether oxygens (including phenoxy) is 2. The van der Waals surface area contributed by atoms with Crippen molar-refractivity contribution in [1.82, 2.24) is 20.3 Å². The fraction of sp³-hybridized carbons (Fsp3) is 0.269. The zero-order valence-corrected chi connectivity index (χ0v) is 20.5. The maximum atomic E-state index is 12.8. The van der Waals surface area contributed by atoms with E-state index in [2.05, 4.69) is 26.3 Å². The summed E-state index contributed by atoms with van der Waals surface area (Å²) in [5.74, 6) is 1.32. The molecule has 0 aliphatic carbocycles. The van der Waals surface area contributed by atoms with Crippen LogP contribution in [0.5, 0.6) is 11.5 Å². The Balaban J connectivity index is 1.59. The van der Waals surface area contributed by atoms with Gasteiger partial charge < -0.3 is 19.8 Å². The summed E-state index contributed by atoms with van der Waals surface area (Å²) in [6.07, 6.45) is 2.00. The molecule has 2 aromatic heterocycles. The van der Waals surface area contributed by atoms with Crippen LogP contribution in [-0.4, -0.2) is 47.4 Å². The van der Waals surface area contributed by atoms with Crippen LogP contribution in [0.4, 0.5) is 0 Å². The molecular weight excluding hydrogens is 448 g/mol. The molecule has 0 radical (unpaired) electrons. The molecule has 2 heterocycles. The molecule has 4 aromatic rings. The van der Waals surface area contributed by atoms with Gasteiger partial charge in [-0.2, -0.15) is 0 Å². The van der Waals surface area contributed by atoms with Crippen molar-refractivity contribution in [1.29, 1.82) is 0 Å². The van der Waals surface area contributed by atoms with Gasteiger partial charge in [-0.3, -0.25) is 4.79 Å². The van der Waals surface area contributed by atoms with E-state index >= 15 is 0 Å². The maximum absolute atomic E-state index is 12.8. The van der Waals surface area contributed by atoms with E-state index in [1.165, 1.54) is 11.8 Å². The first kappa shape index (κ1) is 23.6. The van der Waals surface area contributed by atoms with Crippen molar-refractivity contribution in [3.05, 3.63) is 77.2 Å². The molecule has 1 atom stereocenters. The minimum atomic E-state index is -0.146. The van der Waals surface area contributed by atoms with Gasteiger partial charge in [-0.05, 0) is 37.6 Å². The van der Waals surface area contributed by atoms with Crippen LogP contribution in [0.25, 0.3) is 10.9 Å². The SMILES string of the molecule is COc1cccc(C(CNC(=O)CSc2nc(C)cc(C)n2)c2c[nH]c3ccccc23)c1OC. The van der Waals surface area contributed by atoms with Crippen molar-refractivity contribution in [3.8, 4) is 11.5 Å². The number of fused-ring (bicyclic) bond motifs is 1. The Kier molecular flexibility index (Phi) is 7.37. The molecule has 0 fully saturated rings. The van der Waals surface area contributed by atoms with E-state index in [4.69, 9.17) is 9.47 Å². The number of rotatable bonds is 9. The zero-order chi connectivity index (χ0) is 24.1. The quantitative estimate of drug-likeness (QED) is 0.270. The molecule has 0 spiro atoms. The lowest BCUT2D eigenvalue weighted by Gasteiger charge is -2.22. The summed E-state index contributed by atoms with van der Waals surface area (Å²) < 4.78 is 11.3. The molecule has 2 aromatic carbocycles. The zero-order valence-electron chi connectivity index (χ0n) is 19.7. The van der Waals surface area contributed by atoms with Crippen molar-refractivity contribution >= 4 is 28.6 Å². The lowest BCUT2D eigenvalue weighted by atomic mass is 9.90. The number of H-pyrrole nitrogens is 1. The molecule has 0 aliphatic heterocycles. The first-order valence-corrected chi connectivity index (χ1v) is 12.0. The van der Waals surface area contributed by atoms with Crippen LogP contribution in [0.1, 0.15) is 28.4 Å². The Hall–Kier alpha value is -3.52. The summed E-state index contributed by atoms with van der Waals surface area (Å²) in [7, 11) is 3.25.